The minimum absolute atomic E-state index is 0. The summed E-state index contributed by atoms with van der Waals surface area (Å²) in [6, 6.07) is 11.7. The van der Waals surface area contributed by atoms with E-state index in [-0.39, 0.29) is 18.3 Å². The van der Waals surface area contributed by atoms with Gasteiger partial charge in [0.2, 0.25) is 5.91 Å². The zero-order chi connectivity index (χ0) is 16.8. The molecule has 0 saturated carbocycles. The Bertz CT molecular complexity index is 690. The third kappa shape index (κ3) is 5.73. The molecule has 0 aliphatic rings. The molecule has 2 rings (SSSR count). The Morgan fingerprint density at radius 1 is 1.25 bits per heavy atom. The molecular formula is C18H22BrClN2O2. The maximum absolute atomic E-state index is 12.1. The van der Waals surface area contributed by atoms with Gasteiger partial charge in [-0.3, -0.25) is 4.79 Å². The van der Waals surface area contributed by atoms with Crippen LogP contribution >= 0.6 is 28.3 Å². The first kappa shape index (κ1) is 20.3. The molecule has 0 bridgehead atoms. The van der Waals surface area contributed by atoms with E-state index < -0.39 is 0 Å². The zero-order valence-electron chi connectivity index (χ0n) is 13.8. The topological polar surface area (TPSA) is 64.3 Å². The van der Waals surface area contributed by atoms with E-state index in [1.54, 1.807) is 7.11 Å². The molecule has 0 radical (unpaired) electrons. The average Bonchev–Trinajstić information content (AvgIpc) is 2.53. The number of methoxy groups -OCH3 is 1. The number of anilines is 2. The molecule has 4 nitrogen and oxygen atoms in total. The first-order chi connectivity index (χ1) is 11.0. The number of hydrogen-bond acceptors (Lipinski definition) is 3. The van der Waals surface area contributed by atoms with Crippen molar-refractivity contribution in [2.75, 3.05) is 18.2 Å². The molecule has 0 spiro atoms. The van der Waals surface area contributed by atoms with Crippen molar-refractivity contribution in [2.24, 2.45) is 0 Å². The van der Waals surface area contributed by atoms with Crippen LogP contribution in [0.4, 0.5) is 11.4 Å². The largest absolute Gasteiger partial charge is 0.497 e. The summed E-state index contributed by atoms with van der Waals surface area (Å²) in [5, 5.41) is 2.88. The number of carbonyl (C=O) groups is 1. The Morgan fingerprint density at radius 2 is 1.92 bits per heavy atom. The molecule has 0 heterocycles. The first-order valence-corrected chi connectivity index (χ1v) is 8.27. The molecule has 24 heavy (non-hydrogen) atoms. The molecule has 6 heteroatoms. The quantitative estimate of drug-likeness (QED) is 0.673. The highest BCUT2D eigenvalue weighted by Gasteiger charge is 2.08. The fraction of sp³-hybridized carbons (Fsp3) is 0.278. The normalized spacial score (nSPS) is 9.96. The second kappa shape index (κ2) is 9.55. The maximum atomic E-state index is 12.1. The fourth-order valence-corrected chi connectivity index (χ4v) is 2.89. The van der Waals surface area contributed by atoms with Crippen molar-refractivity contribution in [1.29, 1.82) is 0 Å². The van der Waals surface area contributed by atoms with E-state index in [2.05, 4.69) is 21.2 Å². The number of nitrogens with two attached hydrogens (primary N) is 1. The first-order valence-electron chi connectivity index (χ1n) is 7.48. The van der Waals surface area contributed by atoms with Gasteiger partial charge < -0.3 is 15.8 Å². The Balaban J connectivity index is 0.00000288. The minimum Gasteiger partial charge on any atom is -0.497 e. The van der Waals surface area contributed by atoms with Crippen LogP contribution in [0.3, 0.4) is 0 Å². The highest BCUT2D eigenvalue weighted by molar-refractivity contribution is 9.10. The summed E-state index contributed by atoms with van der Waals surface area (Å²) in [7, 11) is 1.65. The van der Waals surface area contributed by atoms with E-state index in [9.17, 15) is 4.79 Å². The molecule has 0 aliphatic heterocycles. The summed E-state index contributed by atoms with van der Waals surface area (Å²) in [6.45, 7) is 1.92. The molecule has 2 aromatic rings. The van der Waals surface area contributed by atoms with E-state index in [0.717, 1.165) is 28.6 Å². The van der Waals surface area contributed by atoms with Crippen LogP contribution in [0.2, 0.25) is 0 Å². The Kier molecular flexibility index (Phi) is 8.08. The Morgan fingerprint density at radius 3 is 2.54 bits per heavy atom. The number of benzene rings is 2. The van der Waals surface area contributed by atoms with E-state index in [0.29, 0.717) is 17.8 Å². The van der Waals surface area contributed by atoms with Crippen LogP contribution in [-0.2, 0) is 11.2 Å². The highest BCUT2D eigenvalue weighted by atomic mass is 79.9. The van der Waals surface area contributed by atoms with Crippen LogP contribution < -0.4 is 15.8 Å². The molecule has 2 aromatic carbocycles. The summed E-state index contributed by atoms with van der Waals surface area (Å²) in [5.41, 5.74) is 9.40. The number of amides is 1. The van der Waals surface area contributed by atoms with E-state index in [1.807, 2.05) is 43.3 Å². The predicted octanol–water partition coefficient (Wildman–Crippen LogP) is 4.73. The lowest BCUT2D eigenvalue weighted by atomic mass is 10.1. The average molecular weight is 414 g/mol. The van der Waals surface area contributed by atoms with Crippen molar-refractivity contribution < 1.29 is 9.53 Å². The molecule has 0 fully saturated rings. The highest BCUT2D eigenvalue weighted by Crippen LogP contribution is 2.27. The Hall–Kier alpha value is -1.72. The fourth-order valence-electron chi connectivity index (χ4n) is 2.32. The molecule has 1 amide bonds. The molecule has 130 valence electrons. The van der Waals surface area contributed by atoms with Crippen LogP contribution in [0.5, 0.6) is 5.75 Å². The second-order valence-corrected chi connectivity index (χ2v) is 6.35. The zero-order valence-corrected chi connectivity index (χ0v) is 16.2. The van der Waals surface area contributed by atoms with Crippen LogP contribution in [0.1, 0.15) is 24.0 Å². The molecule has 0 atom stereocenters. The van der Waals surface area contributed by atoms with Crippen molar-refractivity contribution >= 4 is 45.6 Å². The molecule has 0 aliphatic carbocycles. The number of nitrogen functional groups attached to an aromatic ring is 1. The lowest BCUT2D eigenvalue weighted by Crippen LogP contribution is -2.13. The lowest BCUT2D eigenvalue weighted by Gasteiger charge is -2.11. The summed E-state index contributed by atoms with van der Waals surface area (Å²) in [6.07, 6.45) is 2.09. The van der Waals surface area contributed by atoms with Gasteiger partial charge in [-0.05, 0) is 55.2 Å². The third-order valence-corrected chi connectivity index (χ3v) is 4.11. The molecular weight excluding hydrogens is 392 g/mol. The van der Waals surface area contributed by atoms with Crippen molar-refractivity contribution in [3.05, 3.63) is 52.0 Å². The van der Waals surface area contributed by atoms with Gasteiger partial charge in [0.05, 0.1) is 18.5 Å². The second-order valence-electron chi connectivity index (χ2n) is 5.43. The van der Waals surface area contributed by atoms with Gasteiger partial charge in [-0.15, -0.1) is 12.4 Å². The van der Waals surface area contributed by atoms with Crippen molar-refractivity contribution in [3.63, 3.8) is 0 Å². The number of rotatable bonds is 6. The molecule has 0 saturated heterocycles. The predicted molar refractivity (Wildman–Crippen MR) is 105 cm³/mol. The number of nitrogens with one attached hydrogen (secondary N) is 1. The van der Waals surface area contributed by atoms with Gasteiger partial charge in [0.15, 0.2) is 0 Å². The van der Waals surface area contributed by atoms with Crippen molar-refractivity contribution in [2.45, 2.75) is 26.2 Å². The van der Waals surface area contributed by atoms with Crippen molar-refractivity contribution in [3.8, 4) is 5.75 Å². The van der Waals surface area contributed by atoms with Crippen LogP contribution in [-0.4, -0.2) is 13.0 Å². The third-order valence-electron chi connectivity index (χ3n) is 3.65. The summed E-state index contributed by atoms with van der Waals surface area (Å²) >= 11 is 3.41. The van der Waals surface area contributed by atoms with Crippen LogP contribution in [0.15, 0.2) is 40.9 Å². The van der Waals surface area contributed by atoms with Crippen molar-refractivity contribution in [1.82, 2.24) is 0 Å². The SMILES string of the molecule is COc1ccc(CCCC(=O)Nc2cc(Br)cc(C)c2N)cc1.Cl. The molecule has 0 unspecified atom stereocenters. The smallest absolute Gasteiger partial charge is 0.224 e. The molecule has 3 N–H and O–H groups in total. The van der Waals surface area contributed by atoms with E-state index >= 15 is 0 Å². The monoisotopic (exact) mass is 412 g/mol. The summed E-state index contributed by atoms with van der Waals surface area (Å²) in [4.78, 5) is 12.1. The Labute approximate surface area is 157 Å². The van der Waals surface area contributed by atoms with Crippen LogP contribution in [0.25, 0.3) is 0 Å². The lowest BCUT2D eigenvalue weighted by molar-refractivity contribution is -0.116. The van der Waals surface area contributed by atoms with Gasteiger partial charge in [0.1, 0.15) is 5.75 Å². The van der Waals surface area contributed by atoms with Gasteiger partial charge in [0.25, 0.3) is 0 Å². The number of ether oxygens (including phenoxy) is 1. The van der Waals surface area contributed by atoms with E-state index in [1.165, 1.54) is 5.56 Å². The van der Waals surface area contributed by atoms with Crippen LogP contribution in [0, 0.1) is 6.92 Å². The summed E-state index contributed by atoms with van der Waals surface area (Å²) in [5.74, 6) is 0.815. The van der Waals surface area contributed by atoms with Gasteiger partial charge in [-0.2, -0.15) is 0 Å². The van der Waals surface area contributed by atoms with E-state index in [4.69, 9.17) is 10.5 Å². The summed E-state index contributed by atoms with van der Waals surface area (Å²) < 4.78 is 6.03. The number of aryl methyl sites for hydroxylation is 2. The van der Waals surface area contributed by atoms with Gasteiger partial charge in [-0.25, -0.2) is 0 Å². The number of hydrogen-bond donors (Lipinski definition) is 2. The molecule has 0 aromatic heterocycles. The maximum Gasteiger partial charge on any atom is 0.224 e. The number of carbonyl (C=O) groups excluding carboxylic acids is 1. The minimum atomic E-state index is -0.0253. The van der Waals surface area contributed by atoms with Gasteiger partial charge in [0, 0.05) is 10.9 Å². The standard InChI is InChI=1S/C18H21BrN2O2.ClH/c1-12-10-14(19)11-16(18(12)20)21-17(22)5-3-4-13-6-8-15(23-2)9-7-13;/h6-11H,3-5,20H2,1-2H3,(H,21,22);1H. The number of halogens is 2. The van der Waals surface area contributed by atoms with Gasteiger partial charge in [-0.1, -0.05) is 28.1 Å². The van der Waals surface area contributed by atoms with Gasteiger partial charge >= 0.3 is 0 Å².